The summed E-state index contributed by atoms with van der Waals surface area (Å²) in [5.74, 6) is -2.58. The second-order valence-corrected chi connectivity index (χ2v) is 8.22. The van der Waals surface area contributed by atoms with Gasteiger partial charge < -0.3 is 25.6 Å². The Labute approximate surface area is 216 Å². The van der Waals surface area contributed by atoms with Crippen molar-refractivity contribution in [1.29, 1.82) is 5.26 Å². The highest BCUT2D eigenvalue weighted by atomic mass is 16.5. The Bertz CT molecular complexity index is 1650. The van der Waals surface area contributed by atoms with E-state index in [1.54, 1.807) is 43.3 Å². The number of benzene rings is 3. The summed E-state index contributed by atoms with van der Waals surface area (Å²) < 4.78 is 5.41. The summed E-state index contributed by atoms with van der Waals surface area (Å²) in [6.45, 7) is 3.09. The second-order valence-electron chi connectivity index (χ2n) is 8.22. The first-order valence-corrected chi connectivity index (χ1v) is 11.4. The van der Waals surface area contributed by atoms with Gasteiger partial charge in [-0.15, -0.1) is 0 Å². The number of aromatic carboxylic acids is 1. The zero-order valence-electron chi connectivity index (χ0n) is 20.3. The molecule has 4 N–H and O–H groups in total. The molecule has 0 saturated carbocycles. The number of amides is 3. The lowest BCUT2D eigenvalue weighted by Gasteiger charge is -2.13. The number of carboxylic acids is 1. The summed E-state index contributed by atoms with van der Waals surface area (Å²) in [5.41, 5.74) is 2.10. The molecule has 0 atom stereocenters. The Morgan fingerprint density at radius 2 is 1.79 bits per heavy atom. The largest absolute Gasteiger partial charge is 0.478 e. The van der Waals surface area contributed by atoms with Crippen LogP contribution < -0.4 is 16.0 Å². The summed E-state index contributed by atoms with van der Waals surface area (Å²) >= 11 is 0. The first-order chi connectivity index (χ1) is 18.2. The summed E-state index contributed by atoms with van der Waals surface area (Å²) in [5, 5.41) is 30.7. The molecule has 4 rings (SSSR count). The molecule has 1 heterocycles. The number of anilines is 3. The van der Waals surface area contributed by atoms with E-state index in [1.165, 1.54) is 19.1 Å². The minimum atomic E-state index is -1.32. The highest BCUT2D eigenvalue weighted by molar-refractivity contribution is 6.14. The molecule has 0 saturated heterocycles. The zero-order valence-corrected chi connectivity index (χ0v) is 20.3. The van der Waals surface area contributed by atoms with Crippen molar-refractivity contribution in [3.8, 4) is 17.2 Å². The van der Waals surface area contributed by atoms with Gasteiger partial charge in [-0.2, -0.15) is 5.26 Å². The van der Waals surface area contributed by atoms with Crippen molar-refractivity contribution < 1.29 is 28.8 Å². The number of carbonyl (C=O) groups excluding carboxylic acids is 3. The lowest BCUT2D eigenvalue weighted by molar-refractivity contribution is -0.116. The van der Waals surface area contributed by atoms with Gasteiger partial charge in [-0.3, -0.25) is 14.4 Å². The van der Waals surface area contributed by atoms with E-state index in [0.29, 0.717) is 22.5 Å². The van der Waals surface area contributed by atoms with Crippen molar-refractivity contribution in [3.05, 3.63) is 71.4 Å². The van der Waals surface area contributed by atoms with Crippen LogP contribution >= 0.6 is 0 Å². The predicted molar refractivity (Wildman–Crippen MR) is 139 cm³/mol. The lowest BCUT2D eigenvalue weighted by Crippen LogP contribution is -2.16. The van der Waals surface area contributed by atoms with Crippen molar-refractivity contribution >= 4 is 51.7 Å². The van der Waals surface area contributed by atoms with Crippen LogP contribution in [-0.4, -0.2) is 34.0 Å². The van der Waals surface area contributed by atoms with E-state index < -0.39 is 11.9 Å². The van der Waals surface area contributed by atoms with Crippen LogP contribution in [-0.2, 0) is 9.59 Å². The molecule has 11 nitrogen and oxygen atoms in total. The molecular weight excluding hydrogens is 490 g/mol. The molecule has 1 aromatic heterocycles. The van der Waals surface area contributed by atoms with Gasteiger partial charge in [0.2, 0.25) is 11.8 Å². The highest BCUT2D eigenvalue weighted by Gasteiger charge is 2.22. The fourth-order valence-corrected chi connectivity index (χ4v) is 3.78. The number of hydrogen-bond acceptors (Lipinski definition) is 7. The van der Waals surface area contributed by atoms with Crippen LogP contribution in [0.3, 0.4) is 0 Å². The fraction of sp³-hybridized carbons (Fsp3) is 0.111. The van der Waals surface area contributed by atoms with E-state index in [1.807, 2.05) is 6.07 Å². The molecular formula is C27H21N5O6. The van der Waals surface area contributed by atoms with Crippen LogP contribution in [0.25, 0.3) is 22.1 Å². The Morgan fingerprint density at radius 3 is 2.47 bits per heavy atom. The maximum absolute atomic E-state index is 13.1. The first-order valence-electron chi connectivity index (χ1n) is 11.4. The molecule has 0 aliphatic carbocycles. The quantitative estimate of drug-likeness (QED) is 0.278. The molecule has 0 aliphatic rings. The molecule has 38 heavy (non-hydrogen) atoms. The van der Waals surface area contributed by atoms with E-state index in [4.69, 9.17) is 9.78 Å². The van der Waals surface area contributed by atoms with E-state index in [0.717, 1.165) is 6.07 Å². The lowest BCUT2D eigenvalue weighted by atomic mass is 10.00. The van der Waals surface area contributed by atoms with Gasteiger partial charge in [0.25, 0.3) is 5.91 Å². The van der Waals surface area contributed by atoms with E-state index in [2.05, 4.69) is 21.1 Å². The fourth-order valence-electron chi connectivity index (χ4n) is 3.78. The predicted octanol–water partition coefficient (Wildman–Crippen LogP) is 4.62. The van der Waals surface area contributed by atoms with Crippen molar-refractivity contribution in [1.82, 2.24) is 5.16 Å². The second kappa shape index (κ2) is 10.6. The van der Waals surface area contributed by atoms with E-state index in [9.17, 15) is 24.3 Å². The number of nitrogens with zero attached hydrogens (tertiary/aromatic N) is 2. The van der Waals surface area contributed by atoms with Crippen LogP contribution in [0.2, 0.25) is 0 Å². The van der Waals surface area contributed by atoms with Gasteiger partial charge in [0, 0.05) is 30.3 Å². The highest BCUT2D eigenvalue weighted by Crippen LogP contribution is 2.35. The Balaban J connectivity index is 1.77. The van der Waals surface area contributed by atoms with Crippen molar-refractivity contribution in [3.63, 3.8) is 0 Å². The molecule has 11 heteroatoms. The average molecular weight is 511 g/mol. The summed E-state index contributed by atoms with van der Waals surface area (Å²) in [6, 6.07) is 15.8. The summed E-state index contributed by atoms with van der Waals surface area (Å²) in [4.78, 5) is 48.5. The molecule has 190 valence electrons. The van der Waals surface area contributed by atoms with Crippen LogP contribution in [0.15, 0.2) is 59.1 Å². The SMILES string of the molecule is CCC(=O)Nc1cc2c(C(=O)Nc3ccc(C#N)cc3C(=O)O)noc2cc1-c1cccc(NC(C)=O)c1. The topological polar surface area (TPSA) is 174 Å². The normalized spacial score (nSPS) is 10.4. The molecule has 0 aliphatic heterocycles. The minimum absolute atomic E-state index is 0.0245. The molecule has 0 bridgehead atoms. The first kappa shape index (κ1) is 25.6. The molecule has 3 amide bonds. The smallest absolute Gasteiger partial charge is 0.337 e. The van der Waals surface area contributed by atoms with Gasteiger partial charge in [0.1, 0.15) is 0 Å². The number of carbonyl (C=O) groups is 4. The van der Waals surface area contributed by atoms with Gasteiger partial charge in [-0.1, -0.05) is 24.2 Å². The number of aromatic nitrogens is 1. The Kier molecular flexibility index (Phi) is 7.16. The van der Waals surface area contributed by atoms with Crippen molar-refractivity contribution in [2.75, 3.05) is 16.0 Å². The van der Waals surface area contributed by atoms with Gasteiger partial charge in [-0.05, 0) is 48.0 Å². The van der Waals surface area contributed by atoms with Crippen LogP contribution in [0.5, 0.6) is 0 Å². The molecule has 0 radical (unpaired) electrons. The van der Waals surface area contributed by atoms with Crippen molar-refractivity contribution in [2.45, 2.75) is 20.3 Å². The summed E-state index contributed by atoms with van der Waals surface area (Å²) in [7, 11) is 0. The molecule has 0 spiro atoms. The molecule has 0 unspecified atom stereocenters. The third-order valence-corrected chi connectivity index (χ3v) is 5.54. The number of carboxylic acid groups (broad SMARTS) is 1. The minimum Gasteiger partial charge on any atom is -0.478 e. The van der Waals surface area contributed by atoms with Gasteiger partial charge in [0.15, 0.2) is 11.3 Å². The maximum Gasteiger partial charge on any atom is 0.337 e. The number of nitrogens with one attached hydrogen (secondary N) is 3. The van der Waals surface area contributed by atoms with Crippen LogP contribution in [0, 0.1) is 11.3 Å². The standard InChI is InChI=1S/C27H21N5O6/c1-3-24(34)30-22-11-20-23(12-18(22)16-5-4-6-17(10-16)29-14(2)33)38-32-25(20)26(35)31-21-8-7-15(13-28)9-19(21)27(36)37/h4-12H,3H2,1-2H3,(H,29,33)(H,30,34)(H,31,35)(H,36,37). The average Bonchev–Trinajstić information content (AvgIpc) is 3.31. The van der Waals surface area contributed by atoms with Gasteiger partial charge in [-0.25, -0.2) is 4.79 Å². The number of hydrogen-bond donors (Lipinski definition) is 4. The van der Waals surface area contributed by atoms with Gasteiger partial charge >= 0.3 is 5.97 Å². The molecule has 4 aromatic rings. The van der Waals surface area contributed by atoms with Crippen molar-refractivity contribution in [2.24, 2.45) is 0 Å². The Morgan fingerprint density at radius 1 is 1.00 bits per heavy atom. The van der Waals surface area contributed by atoms with Gasteiger partial charge in [0.05, 0.1) is 28.3 Å². The monoisotopic (exact) mass is 511 g/mol. The summed E-state index contributed by atoms with van der Waals surface area (Å²) in [6.07, 6.45) is 0.205. The Hall–Kier alpha value is -5.50. The third kappa shape index (κ3) is 5.34. The number of nitriles is 1. The number of rotatable bonds is 7. The van der Waals surface area contributed by atoms with E-state index >= 15 is 0 Å². The third-order valence-electron chi connectivity index (χ3n) is 5.54. The number of fused-ring (bicyclic) bond motifs is 1. The van der Waals surface area contributed by atoms with E-state index in [-0.39, 0.29) is 51.7 Å². The zero-order chi connectivity index (χ0) is 27.4. The van der Waals surface area contributed by atoms with Crippen LogP contribution in [0.4, 0.5) is 17.1 Å². The maximum atomic E-state index is 13.1. The molecule has 3 aromatic carbocycles. The van der Waals surface area contributed by atoms with Crippen LogP contribution in [0.1, 0.15) is 46.7 Å². The molecule has 0 fully saturated rings.